The van der Waals surface area contributed by atoms with Crippen LogP contribution in [0.1, 0.15) is 34.8 Å². The Bertz CT molecular complexity index is 1590. The summed E-state index contributed by atoms with van der Waals surface area (Å²) in [5, 5.41) is -0.0717. The third-order valence-electron chi connectivity index (χ3n) is 7.19. The van der Waals surface area contributed by atoms with Gasteiger partial charge in [-0.05, 0) is 55.8 Å². The molecule has 1 saturated heterocycles. The minimum absolute atomic E-state index is 0.0233. The van der Waals surface area contributed by atoms with Gasteiger partial charge in [-0.1, -0.05) is 0 Å². The number of ether oxygens (including phenoxy) is 1. The number of amides is 1. The van der Waals surface area contributed by atoms with Gasteiger partial charge in [0.25, 0.3) is 5.91 Å². The van der Waals surface area contributed by atoms with E-state index in [0.29, 0.717) is 28.5 Å². The average Bonchev–Trinajstić information content (AvgIpc) is 3.29. The Labute approximate surface area is 236 Å². The standard InChI is InChI=1S/C28H24F4N6O2S/c1-27(2,33)15-10-19(14-4-6-16(29)7-5-14)36-20(11-15)40-21-17-12-38(13-18(17)21)26(39)22-23(28(30,31)32)37-25(41-22)24-34-8-3-9-35-24/h3-11,17-18,21H,12-13,33H2,1-2H3. The fraction of sp³-hybridized carbons (Fsp3) is 0.321. The lowest BCUT2D eigenvalue weighted by atomic mass is 9.95. The van der Waals surface area contributed by atoms with Crippen molar-refractivity contribution in [1.82, 2.24) is 24.8 Å². The van der Waals surface area contributed by atoms with Crippen molar-refractivity contribution < 1.29 is 27.1 Å². The first-order valence-corrected chi connectivity index (χ1v) is 13.6. The van der Waals surface area contributed by atoms with Gasteiger partial charge in [0.2, 0.25) is 5.88 Å². The highest BCUT2D eigenvalue weighted by Gasteiger charge is 2.59. The monoisotopic (exact) mass is 584 g/mol. The summed E-state index contributed by atoms with van der Waals surface area (Å²) in [6, 6.07) is 11.0. The average molecular weight is 585 g/mol. The van der Waals surface area contributed by atoms with Crippen LogP contribution >= 0.6 is 11.3 Å². The highest BCUT2D eigenvalue weighted by Crippen LogP contribution is 2.49. The molecule has 2 aliphatic rings. The number of halogens is 4. The van der Waals surface area contributed by atoms with Crippen molar-refractivity contribution in [2.75, 3.05) is 13.1 Å². The predicted octanol–water partition coefficient (Wildman–Crippen LogP) is 5.16. The van der Waals surface area contributed by atoms with Crippen LogP contribution in [-0.4, -0.2) is 49.9 Å². The Morgan fingerprint density at radius 3 is 2.32 bits per heavy atom. The number of piperidine rings is 1. The number of rotatable bonds is 6. The minimum Gasteiger partial charge on any atom is -0.474 e. The second kappa shape index (κ2) is 9.84. The van der Waals surface area contributed by atoms with Crippen molar-refractivity contribution in [3.05, 3.63) is 76.8 Å². The van der Waals surface area contributed by atoms with Gasteiger partial charge < -0.3 is 15.4 Å². The lowest BCUT2D eigenvalue weighted by Gasteiger charge is -2.22. The molecule has 3 aromatic heterocycles. The number of benzene rings is 1. The van der Waals surface area contributed by atoms with Gasteiger partial charge in [-0.15, -0.1) is 11.3 Å². The van der Waals surface area contributed by atoms with Gasteiger partial charge in [0.15, 0.2) is 16.5 Å². The van der Waals surface area contributed by atoms with E-state index < -0.39 is 28.2 Å². The maximum Gasteiger partial charge on any atom is 0.435 e. The van der Waals surface area contributed by atoms with Gasteiger partial charge in [-0.3, -0.25) is 4.79 Å². The molecule has 0 bridgehead atoms. The van der Waals surface area contributed by atoms with Crippen molar-refractivity contribution in [2.45, 2.75) is 31.7 Å². The topological polar surface area (TPSA) is 107 Å². The second-order valence-electron chi connectivity index (χ2n) is 10.7. The van der Waals surface area contributed by atoms with Crippen LogP contribution in [0.3, 0.4) is 0 Å². The molecule has 2 N–H and O–H groups in total. The largest absolute Gasteiger partial charge is 0.474 e. The first kappa shape index (κ1) is 27.2. The molecular weight excluding hydrogens is 560 g/mol. The summed E-state index contributed by atoms with van der Waals surface area (Å²) >= 11 is 0.634. The van der Waals surface area contributed by atoms with Crippen LogP contribution in [0.15, 0.2) is 54.9 Å². The molecule has 2 atom stereocenters. The lowest BCUT2D eigenvalue weighted by Crippen LogP contribution is -2.34. The summed E-state index contributed by atoms with van der Waals surface area (Å²) in [5.74, 6) is -0.836. The van der Waals surface area contributed by atoms with Crippen molar-refractivity contribution in [3.8, 4) is 28.0 Å². The maximum absolute atomic E-state index is 13.8. The third-order valence-corrected chi connectivity index (χ3v) is 8.23. The number of nitrogens with two attached hydrogens (primary N) is 1. The zero-order valence-electron chi connectivity index (χ0n) is 21.9. The van der Waals surface area contributed by atoms with Gasteiger partial charge in [-0.25, -0.2) is 24.3 Å². The van der Waals surface area contributed by atoms with Gasteiger partial charge >= 0.3 is 6.18 Å². The number of pyridine rings is 1. The number of likely N-dealkylation sites (tertiary alicyclic amines) is 1. The first-order chi connectivity index (χ1) is 19.4. The fourth-order valence-corrected chi connectivity index (χ4v) is 5.97. The summed E-state index contributed by atoms with van der Waals surface area (Å²) < 4.78 is 61.0. The molecule has 2 fully saturated rings. The number of hydrogen-bond donors (Lipinski definition) is 1. The highest BCUT2D eigenvalue weighted by atomic mass is 32.1. The SMILES string of the molecule is CC(C)(N)c1cc(OC2C3CN(C(=O)c4sc(-c5ncccn5)nc4C(F)(F)F)CC32)nc(-c2ccc(F)cc2)c1. The van der Waals surface area contributed by atoms with Crippen molar-refractivity contribution >= 4 is 17.2 Å². The molecule has 41 heavy (non-hydrogen) atoms. The van der Waals surface area contributed by atoms with E-state index in [-0.39, 0.29) is 47.7 Å². The summed E-state index contributed by atoms with van der Waals surface area (Å²) in [6.07, 6.45) is -2.26. The van der Waals surface area contributed by atoms with E-state index in [4.69, 9.17) is 10.5 Å². The molecule has 4 aromatic rings. The molecule has 1 aliphatic carbocycles. The molecule has 4 heterocycles. The molecule has 212 valence electrons. The van der Waals surface area contributed by atoms with Crippen LogP contribution in [-0.2, 0) is 11.7 Å². The molecule has 1 aliphatic heterocycles. The number of carbonyl (C=O) groups excluding carboxylic acids is 1. The molecule has 2 unspecified atom stereocenters. The van der Waals surface area contributed by atoms with Crippen molar-refractivity contribution in [2.24, 2.45) is 17.6 Å². The molecule has 1 aromatic carbocycles. The molecular formula is C28H24F4N6O2S. The molecule has 0 spiro atoms. The van der Waals surface area contributed by atoms with Gasteiger partial charge in [0.1, 0.15) is 16.8 Å². The second-order valence-corrected chi connectivity index (χ2v) is 11.7. The van der Waals surface area contributed by atoms with Gasteiger partial charge in [-0.2, -0.15) is 13.2 Å². The fourth-order valence-electron chi connectivity index (χ4n) is 4.96. The van der Waals surface area contributed by atoms with Crippen LogP contribution in [0.5, 0.6) is 5.88 Å². The zero-order chi connectivity index (χ0) is 29.1. The normalized spacial score (nSPS) is 20.2. The smallest absolute Gasteiger partial charge is 0.435 e. The minimum atomic E-state index is -4.81. The summed E-state index contributed by atoms with van der Waals surface area (Å²) in [7, 11) is 0. The van der Waals surface area contributed by atoms with Crippen molar-refractivity contribution in [1.29, 1.82) is 0 Å². The van der Waals surface area contributed by atoms with Crippen molar-refractivity contribution in [3.63, 3.8) is 0 Å². The van der Waals surface area contributed by atoms with Crippen LogP contribution < -0.4 is 10.5 Å². The number of fused-ring (bicyclic) bond motifs is 1. The molecule has 8 nitrogen and oxygen atoms in total. The summed E-state index contributed by atoms with van der Waals surface area (Å²) in [6.45, 7) is 4.18. The summed E-state index contributed by atoms with van der Waals surface area (Å²) in [5.41, 5.74) is 6.45. The predicted molar refractivity (Wildman–Crippen MR) is 142 cm³/mol. The van der Waals surface area contributed by atoms with E-state index in [1.165, 1.54) is 35.5 Å². The lowest BCUT2D eigenvalue weighted by molar-refractivity contribution is -0.141. The Hall–Kier alpha value is -3.97. The Morgan fingerprint density at radius 2 is 1.71 bits per heavy atom. The zero-order valence-corrected chi connectivity index (χ0v) is 22.7. The van der Waals surface area contributed by atoms with E-state index in [0.717, 1.165) is 5.56 Å². The quantitative estimate of drug-likeness (QED) is 0.312. The Morgan fingerprint density at radius 1 is 1.05 bits per heavy atom. The first-order valence-electron chi connectivity index (χ1n) is 12.8. The molecule has 13 heteroatoms. The molecule has 1 amide bonds. The van der Waals surface area contributed by atoms with Gasteiger partial charge in [0.05, 0.1) is 5.69 Å². The highest BCUT2D eigenvalue weighted by molar-refractivity contribution is 7.17. The number of carbonyl (C=O) groups is 1. The van der Waals surface area contributed by atoms with Gasteiger partial charge in [0, 0.05) is 54.5 Å². The Kier molecular flexibility index (Phi) is 6.53. The van der Waals surface area contributed by atoms with E-state index in [9.17, 15) is 22.4 Å². The van der Waals surface area contributed by atoms with E-state index in [1.54, 1.807) is 18.2 Å². The Balaban J connectivity index is 1.19. The number of nitrogens with zero attached hydrogens (tertiary/aromatic N) is 5. The molecule has 1 saturated carbocycles. The third kappa shape index (κ3) is 5.38. The van der Waals surface area contributed by atoms with Crippen LogP contribution in [0.2, 0.25) is 0 Å². The van der Waals surface area contributed by atoms with E-state index >= 15 is 0 Å². The molecule has 0 radical (unpaired) electrons. The van der Waals surface area contributed by atoms with Crippen LogP contribution in [0, 0.1) is 17.7 Å². The van der Waals surface area contributed by atoms with Crippen LogP contribution in [0.25, 0.3) is 22.1 Å². The number of thiazole rings is 1. The molecule has 6 rings (SSSR count). The number of aromatic nitrogens is 4. The summed E-state index contributed by atoms with van der Waals surface area (Å²) in [4.78, 5) is 30.3. The maximum atomic E-state index is 13.8. The van der Waals surface area contributed by atoms with E-state index in [1.807, 2.05) is 19.9 Å². The number of alkyl halides is 3. The van der Waals surface area contributed by atoms with E-state index in [2.05, 4.69) is 19.9 Å². The number of hydrogen-bond acceptors (Lipinski definition) is 8. The van der Waals surface area contributed by atoms with Crippen LogP contribution in [0.4, 0.5) is 17.6 Å².